The summed E-state index contributed by atoms with van der Waals surface area (Å²) >= 11 is 0. The highest BCUT2D eigenvalue weighted by molar-refractivity contribution is 6.09. The van der Waals surface area contributed by atoms with Crippen molar-refractivity contribution in [3.63, 3.8) is 0 Å². The molecule has 0 bridgehead atoms. The van der Waals surface area contributed by atoms with Gasteiger partial charge in [0.1, 0.15) is 11.2 Å². The topological polar surface area (TPSA) is 51.8 Å². The number of nitrogens with zero attached hydrogens (tertiary/aromatic N) is 3. The van der Waals surface area contributed by atoms with Crippen molar-refractivity contribution in [3.05, 3.63) is 200 Å². The lowest BCUT2D eigenvalue weighted by atomic mass is 9.97. The second kappa shape index (κ2) is 13.8. The van der Waals surface area contributed by atoms with Crippen LogP contribution in [0.1, 0.15) is 0 Å². The lowest BCUT2D eigenvalue weighted by molar-refractivity contribution is 0.670. The molecular weight excluding hydrogens is 671 g/mol. The van der Waals surface area contributed by atoms with Crippen LogP contribution in [0.25, 0.3) is 101 Å². The lowest BCUT2D eigenvalue weighted by Crippen LogP contribution is -2.01. The third-order valence-electron chi connectivity index (χ3n) is 10.2. The van der Waals surface area contributed by atoms with Gasteiger partial charge in [0.15, 0.2) is 17.5 Å². The monoisotopic (exact) mass is 703 g/mol. The lowest BCUT2D eigenvalue weighted by Gasteiger charge is -2.12. The Balaban J connectivity index is 0.935. The maximum atomic E-state index is 6.30. The summed E-state index contributed by atoms with van der Waals surface area (Å²) in [4.78, 5) is 15.0. The fraction of sp³-hybridized carbons (Fsp3) is 0. The van der Waals surface area contributed by atoms with Gasteiger partial charge in [-0.2, -0.15) is 0 Å². The van der Waals surface area contributed by atoms with E-state index in [0.717, 1.165) is 83.1 Å². The Morgan fingerprint density at radius 2 is 0.655 bits per heavy atom. The van der Waals surface area contributed by atoms with E-state index >= 15 is 0 Å². The zero-order valence-corrected chi connectivity index (χ0v) is 29.8. The van der Waals surface area contributed by atoms with Crippen molar-refractivity contribution in [1.29, 1.82) is 0 Å². The molecule has 258 valence electrons. The Bertz CT molecular complexity index is 2930. The number of benzene rings is 8. The highest BCUT2D eigenvalue weighted by atomic mass is 16.3. The van der Waals surface area contributed by atoms with Crippen LogP contribution in [0.15, 0.2) is 205 Å². The molecule has 0 amide bonds. The van der Waals surface area contributed by atoms with Gasteiger partial charge in [0.05, 0.1) is 0 Å². The Morgan fingerprint density at radius 1 is 0.255 bits per heavy atom. The normalized spacial score (nSPS) is 11.3. The van der Waals surface area contributed by atoms with Crippen molar-refractivity contribution in [3.8, 4) is 78.7 Å². The molecule has 2 aromatic heterocycles. The Hall–Kier alpha value is -7.43. The van der Waals surface area contributed by atoms with Gasteiger partial charge in [-0.3, -0.25) is 0 Å². The molecule has 0 fully saturated rings. The van der Waals surface area contributed by atoms with Crippen LogP contribution in [0.3, 0.4) is 0 Å². The van der Waals surface area contributed by atoms with Gasteiger partial charge in [-0.05, 0) is 45.0 Å². The molecule has 8 aromatic carbocycles. The SMILES string of the molecule is c1ccc(-c2nc(-c3ccc(-c4ccc(-c5ccc(-c6cccc7c6oc6ccccc67)cc5)cc4)cc3)nc(-c3ccccc3-c3ccccc3)n2)cc1. The van der Waals surface area contributed by atoms with Gasteiger partial charge in [0.25, 0.3) is 0 Å². The molecule has 4 heteroatoms. The molecule has 4 nitrogen and oxygen atoms in total. The summed E-state index contributed by atoms with van der Waals surface area (Å²) in [5.74, 6) is 1.92. The Morgan fingerprint density at radius 3 is 1.27 bits per heavy atom. The van der Waals surface area contributed by atoms with Gasteiger partial charge in [-0.15, -0.1) is 0 Å². The zero-order chi connectivity index (χ0) is 36.6. The summed E-state index contributed by atoms with van der Waals surface area (Å²) in [6, 6.07) is 69.3. The molecule has 0 saturated carbocycles. The van der Waals surface area contributed by atoms with Crippen LogP contribution < -0.4 is 0 Å². The van der Waals surface area contributed by atoms with Crippen LogP contribution in [0.4, 0.5) is 0 Å². The van der Waals surface area contributed by atoms with E-state index in [1.807, 2.05) is 54.6 Å². The number of rotatable bonds is 7. The van der Waals surface area contributed by atoms with Crippen LogP contribution >= 0.6 is 0 Å². The highest BCUT2D eigenvalue weighted by Crippen LogP contribution is 2.37. The van der Waals surface area contributed by atoms with Crippen LogP contribution in [0, 0.1) is 0 Å². The van der Waals surface area contributed by atoms with Crippen LogP contribution in [-0.2, 0) is 0 Å². The summed E-state index contributed by atoms with van der Waals surface area (Å²) < 4.78 is 6.30. The van der Waals surface area contributed by atoms with Gasteiger partial charge in [-0.25, -0.2) is 15.0 Å². The third kappa shape index (κ3) is 6.16. The minimum Gasteiger partial charge on any atom is -0.455 e. The van der Waals surface area contributed by atoms with Crippen molar-refractivity contribution < 1.29 is 4.42 Å². The number of fused-ring (bicyclic) bond motifs is 3. The van der Waals surface area contributed by atoms with Crippen LogP contribution in [-0.4, -0.2) is 15.0 Å². The minimum absolute atomic E-state index is 0.633. The van der Waals surface area contributed by atoms with Gasteiger partial charge in [0, 0.05) is 33.0 Å². The predicted molar refractivity (Wildman–Crippen MR) is 225 cm³/mol. The largest absolute Gasteiger partial charge is 0.455 e. The van der Waals surface area contributed by atoms with E-state index in [1.165, 1.54) is 0 Å². The first kappa shape index (κ1) is 32.2. The van der Waals surface area contributed by atoms with Crippen LogP contribution in [0.5, 0.6) is 0 Å². The van der Waals surface area contributed by atoms with E-state index in [-0.39, 0.29) is 0 Å². The average molecular weight is 704 g/mol. The average Bonchev–Trinajstić information content (AvgIpc) is 3.66. The molecule has 10 rings (SSSR count). The second-order valence-corrected chi connectivity index (χ2v) is 13.6. The summed E-state index contributed by atoms with van der Waals surface area (Å²) in [5.41, 5.74) is 13.7. The number of hydrogen-bond donors (Lipinski definition) is 0. The smallest absolute Gasteiger partial charge is 0.164 e. The van der Waals surface area contributed by atoms with Crippen molar-refractivity contribution >= 4 is 21.9 Å². The van der Waals surface area contributed by atoms with E-state index in [9.17, 15) is 0 Å². The molecule has 0 radical (unpaired) electrons. The number of hydrogen-bond acceptors (Lipinski definition) is 4. The van der Waals surface area contributed by atoms with Crippen molar-refractivity contribution in [1.82, 2.24) is 15.0 Å². The quantitative estimate of drug-likeness (QED) is 0.166. The zero-order valence-electron chi connectivity index (χ0n) is 29.8. The molecule has 10 aromatic rings. The van der Waals surface area contributed by atoms with Crippen molar-refractivity contribution in [2.45, 2.75) is 0 Å². The summed E-state index contributed by atoms with van der Waals surface area (Å²) in [5, 5.41) is 2.28. The summed E-state index contributed by atoms with van der Waals surface area (Å²) in [6.07, 6.45) is 0. The van der Waals surface area contributed by atoms with Crippen LogP contribution in [0.2, 0.25) is 0 Å². The van der Waals surface area contributed by atoms with E-state index < -0.39 is 0 Å². The first-order chi connectivity index (χ1) is 27.2. The van der Waals surface area contributed by atoms with Crippen molar-refractivity contribution in [2.75, 3.05) is 0 Å². The van der Waals surface area contributed by atoms with E-state index in [4.69, 9.17) is 19.4 Å². The second-order valence-electron chi connectivity index (χ2n) is 13.6. The molecular formula is C51H33N3O. The minimum atomic E-state index is 0.633. The first-order valence-corrected chi connectivity index (χ1v) is 18.4. The van der Waals surface area contributed by atoms with Gasteiger partial charge in [0.2, 0.25) is 0 Å². The molecule has 0 aliphatic carbocycles. The van der Waals surface area contributed by atoms with Gasteiger partial charge < -0.3 is 4.42 Å². The Labute approximate surface area is 319 Å². The van der Waals surface area contributed by atoms with Gasteiger partial charge in [-0.1, -0.05) is 194 Å². The highest BCUT2D eigenvalue weighted by Gasteiger charge is 2.16. The molecule has 0 aliphatic rings. The fourth-order valence-corrected chi connectivity index (χ4v) is 7.37. The molecule has 0 aliphatic heterocycles. The number of furan rings is 1. The first-order valence-electron chi connectivity index (χ1n) is 18.4. The van der Waals surface area contributed by atoms with E-state index in [2.05, 4.69) is 146 Å². The molecule has 0 saturated heterocycles. The standard InChI is InChI=1S/C51H33N3O/c1-3-12-38(13-4-1)42-16-7-8-18-46(42)51-53-49(40-14-5-2-6-15-40)52-50(54-51)41-32-28-37(29-33-41)35-24-22-34(23-25-35)36-26-30-39(31-27-36)43-19-11-20-45-44-17-9-10-21-47(44)55-48(43)45/h1-33H. The molecule has 0 N–H and O–H groups in total. The van der Waals surface area contributed by atoms with Crippen molar-refractivity contribution in [2.24, 2.45) is 0 Å². The Kier molecular flexibility index (Phi) is 8.12. The number of aromatic nitrogens is 3. The summed E-state index contributed by atoms with van der Waals surface area (Å²) in [7, 11) is 0. The molecule has 2 heterocycles. The predicted octanol–water partition coefficient (Wildman–Crippen LogP) is 13.4. The molecule has 0 atom stereocenters. The molecule has 55 heavy (non-hydrogen) atoms. The van der Waals surface area contributed by atoms with E-state index in [0.29, 0.717) is 17.5 Å². The fourth-order valence-electron chi connectivity index (χ4n) is 7.37. The third-order valence-corrected chi connectivity index (χ3v) is 10.2. The number of para-hydroxylation sites is 2. The maximum Gasteiger partial charge on any atom is 0.164 e. The summed E-state index contributed by atoms with van der Waals surface area (Å²) in [6.45, 7) is 0. The molecule has 0 spiro atoms. The maximum absolute atomic E-state index is 6.30. The van der Waals surface area contributed by atoms with E-state index in [1.54, 1.807) is 0 Å². The molecule has 0 unspecified atom stereocenters. The van der Waals surface area contributed by atoms with Gasteiger partial charge >= 0.3 is 0 Å².